The highest BCUT2D eigenvalue weighted by molar-refractivity contribution is 5.99. The van der Waals surface area contributed by atoms with E-state index in [1.54, 1.807) is 17.1 Å². The summed E-state index contributed by atoms with van der Waals surface area (Å²) in [6.45, 7) is 2.65. The van der Waals surface area contributed by atoms with Crippen molar-refractivity contribution in [2.24, 2.45) is 5.10 Å². The summed E-state index contributed by atoms with van der Waals surface area (Å²) >= 11 is 0. The van der Waals surface area contributed by atoms with E-state index >= 15 is 0 Å². The maximum atomic E-state index is 13.3. The molecule has 1 saturated heterocycles. The molecule has 4 aromatic rings. The van der Waals surface area contributed by atoms with E-state index < -0.39 is 4.92 Å². The van der Waals surface area contributed by atoms with Gasteiger partial charge in [-0.15, -0.1) is 0 Å². The van der Waals surface area contributed by atoms with Gasteiger partial charge in [0.2, 0.25) is 0 Å². The second-order valence-electron chi connectivity index (χ2n) is 8.56. The normalized spacial score (nSPS) is 16.7. The fourth-order valence-electron chi connectivity index (χ4n) is 4.54. The number of carbonyl (C=O) groups excluding carboxylic acids is 1. The third-order valence-electron chi connectivity index (χ3n) is 6.26. The molecule has 1 aliphatic heterocycles. The first-order valence-corrected chi connectivity index (χ1v) is 11.4. The van der Waals surface area contributed by atoms with Gasteiger partial charge in [-0.25, -0.2) is 5.01 Å². The van der Waals surface area contributed by atoms with Crippen molar-refractivity contribution in [3.63, 3.8) is 0 Å². The first-order valence-electron chi connectivity index (χ1n) is 11.4. The summed E-state index contributed by atoms with van der Waals surface area (Å²) in [5, 5.41) is 19.5. The molecule has 1 aliphatic rings. The highest BCUT2D eigenvalue weighted by Gasteiger charge is 2.40. The number of hydrogen-bond donors (Lipinski definition) is 0. The minimum atomic E-state index is -0.432. The van der Waals surface area contributed by atoms with E-state index in [2.05, 4.69) is 35.2 Å². The van der Waals surface area contributed by atoms with Crippen molar-refractivity contribution in [1.82, 2.24) is 9.91 Å². The number of hydrazone groups is 1. The average Bonchev–Trinajstić information content (AvgIpc) is 3.18. The third kappa shape index (κ3) is 4.54. The maximum Gasteiger partial charge on any atom is 0.269 e. The van der Waals surface area contributed by atoms with Crippen molar-refractivity contribution in [2.45, 2.75) is 19.6 Å². The number of carbonyl (C=O) groups is 1. The quantitative estimate of drug-likeness (QED) is 0.214. The number of fused-ring (bicyclic) bond motifs is 1. The molecule has 1 amide bonds. The second-order valence-corrected chi connectivity index (χ2v) is 8.56. The van der Waals surface area contributed by atoms with Crippen molar-refractivity contribution in [3.8, 4) is 0 Å². The number of amides is 1. The number of nitro benzene ring substituents is 1. The number of non-ortho nitro benzene ring substituents is 1. The molecule has 1 atom stereocenters. The molecule has 0 radical (unpaired) electrons. The monoisotopic (exact) mass is 464 g/mol. The van der Waals surface area contributed by atoms with E-state index in [1.165, 1.54) is 12.1 Å². The van der Waals surface area contributed by atoms with Crippen molar-refractivity contribution in [1.29, 1.82) is 0 Å². The zero-order valence-electron chi connectivity index (χ0n) is 19.2. The van der Waals surface area contributed by atoms with Crippen LogP contribution in [0.1, 0.15) is 29.8 Å². The van der Waals surface area contributed by atoms with E-state index in [0.29, 0.717) is 12.3 Å². The molecule has 0 unspecified atom stereocenters. The van der Waals surface area contributed by atoms with Crippen LogP contribution in [-0.2, 0) is 11.3 Å². The third-order valence-corrected chi connectivity index (χ3v) is 6.26. The van der Waals surface area contributed by atoms with Gasteiger partial charge >= 0.3 is 0 Å². The minimum absolute atomic E-state index is 0.0152. The molecule has 0 aliphatic carbocycles. The van der Waals surface area contributed by atoms with Crippen LogP contribution in [0, 0.1) is 10.1 Å². The predicted octanol–water partition coefficient (Wildman–Crippen LogP) is 5.52. The molecule has 4 aromatic carbocycles. The highest BCUT2D eigenvalue weighted by atomic mass is 16.6. The summed E-state index contributed by atoms with van der Waals surface area (Å²) < 4.78 is 0. The Hall–Kier alpha value is -4.36. The van der Waals surface area contributed by atoms with Crippen LogP contribution >= 0.6 is 0 Å². The number of nitrogens with zero attached hydrogens (tertiary/aromatic N) is 4. The van der Waals surface area contributed by atoms with Crippen LogP contribution in [0.3, 0.4) is 0 Å². The molecule has 0 saturated carbocycles. The fourth-order valence-corrected chi connectivity index (χ4v) is 4.54. The van der Waals surface area contributed by atoms with Crippen molar-refractivity contribution < 1.29 is 9.72 Å². The highest BCUT2D eigenvalue weighted by Crippen LogP contribution is 2.36. The average molecular weight is 465 g/mol. The molecule has 35 heavy (non-hydrogen) atoms. The molecule has 1 fully saturated rings. The molecule has 0 N–H and O–H groups in total. The lowest BCUT2D eigenvalue weighted by Crippen LogP contribution is -2.29. The Balaban J connectivity index is 1.57. The Labute approximate surface area is 203 Å². The Kier molecular flexibility index (Phi) is 6.08. The Bertz CT molecular complexity index is 1410. The van der Waals surface area contributed by atoms with Gasteiger partial charge in [-0.3, -0.25) is 19.8 Å². The summed E-state index contributed by atoms with van der Waals surface area (Å²) in [6.07, 6.45) is -0.387. The van der Waals surface area contributed by atoms with Crippen LogP contribution < -0.4 is 0 Å². The number of hydrogen-bond acceptors (Lipinski definition) is 5. The summed E-state index contributed by atoms with van der Waals surface area (Å²) in [4.78, 5) is 26.0. The van der Waals surface area contributed by atoms with E-state index in [9.17, 15) is 14.9 Å². The zero-order valence-corrected chi connectivity index (χ0v) is 19.2. The van der Waals surface area contributed by atoms with E-state index in [1.807, 2.05) is 49.4 Å². The molecule has 0 aromatic heterocycles. The molecule has 0 bridgehead atoms. The zero-order chi connectivity index (χ0) is 24.4. The van der Waals surface area contributed by atoms with Gasteiger partial charge in [0.25, 0.3) is 11.6 Å². The number of rotatable bonds is 6. The summed E-state index contributed by atoms with van der Waals surface area (Å²) in [6, 6.07) is 30.5. The van der Waals surface area contributed by atoms with Crippen molar-refractivity contribution in [3.05, 3.63) is 124 Å². The second kappa shape index (κ2) is 9.48. The van der Waals surface area contributed by atoms with Crippen molar-refractivity contribution >= 4 is 28.1 Å². The largest absolute Gasteiger partial charge is 0.271 e. The molecule has 0 spiro atoms. The van der Waals surface area contributed by atoms with Crippen LogP contribution in [0.25, 0.3) is 10.8 Å². The lowest BCUT2D eigenvalue weighted by atomic mass is 10.0. The summed E-state index contributed by atoms with van der Waals surface area (Å²) in [7, 11) is 0. The smallest absolute Gasteiger partial charge is 0.269 e. The summed E-state index contributed by atoms with van der Waals surface area (Å²) in [5.41, 5.74) is 3.47. The van der Waals surface area contributed by atoms with E-state index in [-0.39, 0.29) is 24.3 Å². The molecule has 7 nitrogen and oxygen atoms in total. The van der Waals surface area contributed by atoms with Crippen LogP contribution in [0.4, 0.5) is 5.69 Å². The first kappa shape index (κ1) is 22.4. The Morgan fingerprint density at radius 3 is 2.37 bits per heavy atom. The van der Waals surface area contributed by atoms with Crippen LogP contribution in [0.15, 0.2) is 102 Å². The van der Waals surface area contributed by atoms with Gasteiger partial charge in [-0.05, 0) is 46.5 Å². The van der Waals surface area contributed by atoms with Gasteiger partial charge in [-0.1, -0.05) is 72.8 Å². The Morgan fingerprint density at radius 1 is 0.943 bits per heavy atom. The fraction of sp³-hybridized carbons (Fsp3) is 0.143. The predicted molar refractivity (Wildman–Crippen MR) is 136 cm³/mol. The standard InChI is InChI=1S/C28H24N4O3/c1-20(22-14-16-24(17-15-22)32(34)35)29-31-27(33)19-30(18-21-8-3-2-4-9-21)28(31)26-13-7-11-23-10-5-6-12-25(23)26/h2-17,28H,18-19H2,1H3/b29-20-/t28-/m0/s1. The number of nitro groups is 1. The van der Waals surface area contributed by atoms with Crippen LogP contribution in [0.2, 0.25) is 0 Å². The lowest BCUT2D eigenvalue weighted by Gasteiger charge is -2.29. The van der Waals surface area contributed by atoms with Gasteiger partial charge in [0.15, 0.2) is 0 Å². The van der Waals surface area contributed by atoms with Gasteiger partial charge in [0.05, 0.1) is 17.2 Å². The lowest BCUT2D eigenvalue weighted by molar-refractivity contribution is -0.384. The first-order chi connectivity index (χ1) is 17.0. The van der Waals surface area contributed by atoms with Gasteiger partial charge in [0.1, 0.15) is 6.17 Å². The van der Waals surface area contributed by atoms with Gasteiger partial charge in [0, 0.05) is 18.7 Å². The van der Waals surface area contributed by atoms with Gasteiger partial charge < -0.3 is 0 Å². The van der Waals surface area contributed by atoms with Crippen molar-refractivity contribution in [2.75, 3.05) is 6.54 Å². The van der Waals surface area contributed by atoms with E-state index in [4.69, 9.17) is 5.10 Å². The van der Waals surface area contributed by atoms with E-state index in [0.717, 1.165) is 27.5 Å². The SMILES string of the molecule is C/C(=N/N1C(=O)CN(Cc2ccccc2)[C@@H]1c1cccc2ccccc12)c1ccc([N+](=O)[O-])cc1. The molecule has 5 rings (SSSR count). The number of benzene rings is 4. The molecular weight excluding hydrogens is 440 g/mol. The molecule has 7 heteroatoms. The minimum Gasteiger partial charge on any atom is -0.271 e. The maximum absolute atomic E-state index is 13.3. The molecular formula is C28H24N4O3. The Morgan fingerprint density at radius 2 is 1.63 bits per heavy atom. The summed E-state index contributed by atoms with van der Waals surface area (Å²) in [5.74, 6) is -0.0971. The molecule has 174 valence electrons. The van der Waals surface area contributed by atoms with Crippen LogP contribution in [-0.4, -0.2) is 33.0 Å². The van der Waals surface area contributed by atoms with Crippen LogP contribution in [0.5, 0.6) is 0 Å². The topological polar surface area (TPSA) is 79.0 Å². The van der Waals surface area contributed by atoms with Gasteiger partial charge in [-0.2, -0.15) is 5.10 Å². The molecule has 1 heterocycles.